The van der Waals surface area contributed by atoms with E-state index >= 15 is 0 Å². The Balaban J connectivity index is 1.34. The van der Waals surface area contributed by atoms with Gasteiger partial charge >= 0.3 is 5.69 Å². The Morgan fingerprint density at radius 1 is 1.29 bits per heavy atom. The maximum atomic E-state index is 12.7. The number of nitrogens with one attached hydrogen (secondary N) is 2. The zero-order valence-electron chi connectivity index (χ0n) is 16.4. The molecule has 4 aromatic rings. The number of nitrogens with zero attached hydrogens (tertiary/aromatic N) is 3. The zero-order valence-corrected chi connectivity index (χ0v) is 17.2. The Morgan fingerprint density at radius 2 is 2.13 bits per heavy atom. The normalized spacial score (nSPS) is 16.1. The van der Waals surface area contributed by atoms with Crippen molar-refractivity contribution >= 4 is 27.9 Å². The highest BCUT2D eigenvalue weighted by Gasteiger charge is 2.21. The van der Waals surface area contributed by atoms with Crippen LogP contribution in [0.4, 0.5) is 5.69 Å². The number of carbonyl (C=O) groups is 1. The minimum atomic E-state index is -0.633. The van der Waals surface area contributed by atoms with Crippen molar-refractivity contribution in [2.45, 2.75) is 25.5 Å². The van der Waals surface area contributed by atoms with Gasteiger partial charge in [-0.05, 0) is 25.0 Å². The highest BCUT2D eigenvalue weighted by atomic mass is 32.1. The molecular weight excluding hydrogens is 418 g/mol. The van der Waals surface area contributed by atoms with Crippen molar-refractivity contribution < 1.29 is 9.53 Å². The van der Waals surface area contributed by atoms with Gasteiger partial charge in [-0.25, -0.2) is 9.78 Å². The van der Waals surface area contributed by atoms with Gasteiger partial charge in [0.15, 0.2) is 4.96 Å². The van der Waals surface area contributed by atoms with E-state index in [2.05, 4.69) is 15.3 Å². The van der Waals surface area contributed by atoms with E-state index < -0.39 is 17.2 Å². The number of aromatic amines is 1. The van der Waals surface area contributed by atoms with E-state index in [0.717, 1.165) is 39.8 Å². The van der Waals surface area contributed by atoms with Crippen LogP contribution in [0.3, 0.4) is 0 Å². The Labute approximate surface area is 180 Å². The van der Waals surface area contributed by atoms with Gasteiger partial charge in [0.2, 0.25) is 0 Å². The Morgan fingerprint density at radius 3 is 2.87 bits per heavy atom. The van der Waals surface area contributed by atoms with Gasteiger partial charge in [0.05, 0.1) is 18.3 Å². The molecule has 1 amide bonds. The molecule has 1 fully saturated rings. The summed E-state index contributed by atoms with van der Waals surface area (Å²) in [6, 6.07) is 7.20. The summed E-state index contributed by atoms with van der Waals surface area (Å²) in [6.45, 7) is 0.747. The molecular formula is C21H19N5O4S. The van der Waals surface area contributed by atoms with Crippen molar-refractivity contribution in [2.24, 2.45) is 0 Å². The van der Waals surface area contributed by atoms with E-state index in [-0.39, 0.29) is 18.2 Å². The van der Waals surface area contributed by atoms with Crippen molar-refractivity contribution in [3.05, 3.63) is 74.6 Å². The summed E-state index contributed by atoms with van der Waals surface area (Å²) >= 11 is 1.56. The van der Waals surface area contributed by atoms with Crippen molar-refractivity contribution in [1.29, 1.82) is 0 Å². The standard InChI is InChI=1S/C21H19N5O4S/c27-18(16-10-22-20(29)26(19(16)28)11-15-2-1-8-30-15)23-14-5-3-13(4-6-14)17-12-25-7-9-31-21(25)24-17/h3-7,9-10,12,15H,1-2,8,11H2,(H,22,29)(H,23,27). The lowest BCUT2D eigenvalue weighted by molar-refractivity contribution is 0.0941. The van der Waals surface area contributed by atoms with Gasteiger partial charge in [0.25, 0.3) is 11.5 Å². The van der Waals surface area contributed by atoms with Crippen LogP contribution in [-0.4, -0.2) is 37.6 Å². The fourth-order valence-electron chi connectivity index (χ4n) is 3.62. The van der Waals surface area contributed by atoms with Gasteiger partial charge in [0.1, 0.15) is 5.56 Å². The third-order valence-corrected chi connectivity index (χ3v) is 6.02. The maximum absolute atomic E-state index is 12.7. The van der Waals surface area contributed by atoms with Crippen LogP contribution in [-0.2, 0) is 11.3 Å². The lowest BCUT2D eigenvalue weighted by Crippen LogP contribution is -2.41. The molecule has 0 saturated carbocycles. The third kappa shape index (κ3) is 3.82. The molecule has 0 aliphatic carbocycles. The molecule has 2 N–H and O–H groups in total. The summed E-state index contributed by atoms with van der Waals surface area (Å²) in [7, 11) is 0. The predicted molar refractivity (Wildman–Crippen MR) is 117 cm³/mol. The molecule has 3 aromatic heterocycles. The van der Waals surface area contributed by atoms with E-state index in [1.807, 2.05) is 34.3 Å². The number of hydrogen-bond donors (Lipinski definition) is 2. The minimum Gasteiger partial charge on any atom is -0.376 e. The number of rotatable bonds is 5. The van der Waals surface area contributed by atoms with Gasteiger partial charge in [0, 0.05) is 41.8 Å². The van der Waals surface area contributed by atoms with E-state index in [1.165, 1.54) is 0 Å². The Bertz CT molecular complexity index is 1330. The monoisotopic (exact) mass is 437 g/mol. The topological polar surface area (TPSA) is 110 Å². The number of fused-ring (bicyclic) bond motifs is 1. The van der Waals surface area contributed by atoms with Crippen molar-refractivity contribution in [3.8, 4) is 11.3 Å². The Hall–Kier alpha value is -3.50. The molecule has 0 spiro atoms. The maximum Gasteiger partial charge on any atom is 0.328 e. The molecule has 158 valence electrons. The van der Waals surface area contributed by atoms with Crippen molar-refractivity contribution in [3.63, 3.8) is 0 Å². The zero-order chi connectivity index (χ0) is 21.4. The first-order valence-electron chi connectivity index (χ1n) is 9.86. The lowest BCUT2D eigenvalue weighted by Gasteiger charge is -2.12. The van der Waals surface area contributed by atoms with Crippen LogP contribution < -0.4 is 16.6 Å². The molecule has 5 rings (SSSR count). The first-order valence-corrected chi connectivity index (χ1v) is 10.7. The number of thiazole rings is 1. The predicted octanol–water partition coefficient (Wildman–Crippen LogP) is 2.34. The summed E-state index contributed by atoms with van der Waals surface area (Å²) in [5, 5.41) is 4.68. The van der Waals surface area contributed by atoms with Crippen LogP contribution in [0, 0.1) is 0 Å². The van der Waals surface area contributed by atoms with Crippen LogP contribution in [0.1, 0.15) is 23.2 Å². The molecule has 1 aliphatic rings. The smallest absolute Gasteiger partial charge is 0.328 e. The SMILES string of the molecule is O=C(Nc1ccc(-c2cn3ccsc3n2)cc1)c1c[nH]c(=O)n(CC2CCCO2)c1=O. The van der Waals surface area contributed by atoms with E-state index in [9.17, 15) is 14.4 Å². The van der Waals surface area contributed by atoms with Crippen LogP contribution in [0.2, 0.25) is 0 Å². The van der Waals surface area contributed by atoms with Crippen molar-refractivity contribution in [1.82, 2.24) is 18.9 Å². The molecule has 0 bridgehead atoms. The average molecular weight is 437 g/mol. The lowest BCUT2D eigenvalue weighted by atomic mass is 10.1. The second-order valence-electron chi connectivity index (χ2n) is 7.31. The largest absolute Gasteiger partial charge is 0.376 e. The minimum absolute atomic E-state index is 0.129. The number of ether oxygens (including phenoxy) is 1. The number of benzene rings is 1. The number of H-pyrrole nitrogens is 1. The van der Waals surface area contributed by atoms with Gasteiger partial charge in [-0.1, -0.05) is 12.1 Å². The quantitative estimate of drug-likeness (QED) is 0.498. The molecule has 1 saturated heterocycles. The van der Waals surface area contributed by atoms with Gasteiger partial charge in [-0.15, -0.1) is 11.3 Å². The van der Waals surface area contributed by atoms with Gasteiger partial charge in [-0.3, -0.25) is 18.6 Å². The van der Waals surface area contributed by atoms with Gasteiger partial charge < -0.3 is 15.0 Å². The molecule has 4 heterocycles. The number of hydrogen-bond acceptors (Lipinski definition) is 6. The van der Waals surface area contributed by atoms with Gasteiger partial charge in [-0.2, -0.15) is 0 Å². The first kappa shape index (κ1) is 19.5. The number of carbonyl (C=O) groups excluding carboxylic acids is 1. The summed E-state index contributed by atoms with van der Waals surface area (Å²) < 4.78 is 8.48. The first-order chi connectivity index (χ1) is 15.1. The highest BCUT2D eigenvalue weighted by Crippen LogP contribution is 2.23. The summed E-state index contributed by atoms with van der Waals surface area (Å²) in [6.07, 6.45) is 6.52. The molecule has 9 nitrogen and oxygen atoms in total. The average Bonchev–Trinajstić information content (AvgIpc) is 3.49. The molecule has 1 atom stereocenters. The molecule has 1 aliphatic heterocycles. The summed E-state index contributed by atoms with van der Waals surface area (Å²) in [5.74, 6) is -0.586. The van der Waals surface area contributed by atoms with Crippen LogP contribution in [0.5, 0.6) is 0 Å². The second-order valence-corrected chi connectivity index (χ2v) is 8.18. The number of anilines is 1. The summed E-state index contributed by atoms with van der Waals surface area (Å²) in [4.78, 5) is 45.4. The van der Waals surface area contributed by atoms with E-state index in [4.69, 9.17) is 4.74 Å². The second kappa shape index (κ2) is 7.97. The van der Waals surface area contributed by atoms with Crippen molar-refractivity contribution in [2.75, 3.05) is 11.9 Å². The van der Waals surface area contributed by atoms with Crippen LogP contribution in [0.15, 0.2) is 57.8 Å². The van der Waals surface area contributed by atoms with Crippen LogP contribution in [0.25, 0.3) is 16.2 Å². The molecule has 1 unspecified atom stereocenters. The molecule has 0 radical (unpaired) electrons. The summed E-state index contributed by atoms with van der Waals surface area (Å²) in [5.41, 5.74) is 0.967. The van der Waals surface area contributed by atoms with E-state index in [0.29, 0.717) is 12.3 Å². The molecule has 31 heavy (non-hydrogen) atoms. The third-order valence-electron chi connectivity index (χ3n) is 5.25. The molecule has 1 aromatic carbocycles. The highest BCUT2D eigenvalue weighted by molar-refractivity contribution is 7.15. The number of aromatic nitrogens is 4. The number of amides is 1. The molecule has 10 heteroatoms. The Kier molecular flexibility index (Phi) is 5.00. The fourth-order valence-corrected chi connectivity index (χ4v) is 4.32. The van der Waals surface area contributed by atoms with E-state index in [1.54, 1.807) is 23.5 Å². The van der Waals surface area contributed by atoms with Crippen LogP contribution >= 0.6 is 11.3 Å². The number of imidazole rings is 1. The fraction of sp³-hybridized carbons (Fsp3) is 0.238.